The topological polar surface area (TPSA) is 97.3 Å². The molecule has 7 nitrogen and oxygen atoms in total. The van der Waals surface area contributed by atoms with E-state index in [1.807, 2.05) is 6.92 Å². The Balaban J connectivity index is 1.63. The Morgan fingerprint density at radius 2 is 2.00 bits per heavy atom. The van der Waals surface area contributed by atoms with Gasteiger partial charge in [-0.1, -0.05) is 0 Å². The van der Waals surface area contributed by atoms with Crippen LogP contribution >= 0.6 is 0 Å². The number of nitrogens with two attached hydrogens (primary N) is 1. The van der Waals surface area contributed by atoms with Crippen molar-refractivity contribution in [1.29, 1.82) is 5.41 Å². The number of rotatable bonds is 5. The van der Waals surface area contributed by atoms with E-state index in [2.05, 4.69) is 14.9 Å². The third kappa shape index (κ3) is 3.71. The molecule has 1 saturated heterocycles. The van der Waals surface area contributed by atoms with E-state index in [9.17, 15) is 4.39 Å². The maximum absolute atomic E-state index is 14.2. The Labute approximate surface area is 156 Å². The lowest BCUT2D eigenvalue weighted by Gasteiger charge is -2.27. The molecule has 1 aromatic heterocycles. The van der Waals surface area contributed by atoms with E-state index >= 15 is 0 Å². The molecule has 2 fully saturated rings. The number of morpholine rings is 1. The minimum absolute atomic E-state index is 0.107. The molecule has 1 aliphatic carbocycles. The normalized spacial score (nSPS) is 18.2. The largest absolute Gasteiger partial charge is 0.484 e. The molecule has 0 bridgehead atoms. The van der Waals surface area contributed by atoms with Crippen LogP contribution in [-0.2, 0) is 4.74 Å². The third-order valence-corrected chi connectivity index (χ3v) is 4.93. The number of hydrogen-bond donors (Lipinski definition) is 2. The highest BCUT2D eigenvalue weighted by Gasteiger charge is 2.40. The maximum Gasteiger partial charge on any atom is 0.167 e. The Morgan fingerprint density at radius 1 is 1.26 bits per heavy atom. The van der Waals surface area contributed by atoms with E-state index in [0.29, 0.717) is 24.5 Å². The van der Waals surface area contributed by atoms with Gasteiger partial charge in [-0.2, -0.15) is 0 Å². The van der Waals surface area contributed by atoms with Crippen molar-refractivity contribution < 1.29 is 13.9 Å². The van der Waals surface area contributed by atoms with Crippen LogP contribution in [0.3, 0.4) is 0 Å². The van der Waals surface area contributed by atoms with Gasteiger partial charge in [-0.25, -0.2) is 14.4 Å². The first-order chi connectivity index (χ1) is 13.0. The summed E-state index contributed by atoms with van der Waals surface area (Å²) in [5.41, 5.74) is 6.76. The first kappa shape index (κ1) is 17.7. The fourth-order valence-corrected chi connectivity index (χ4v) is 2.99. The zero-order chi connectivity index (χ0) is 19.0. The van der Waals surface area contributed by atoms with Crippen LogP contribution in [0, 0.1) is 11.2 Å². The molecule has 2 aliphatic rings. The summed E-state index contributed by atoms with van der Waals surface area (Å²) in [7, 11) is 0. The SMILES string of the molecule is CC1(Oc2cc(C(=N)c3cc(N4CCOCC4)ncn3)c(N)cc2F)CC1. The monoisotopic (exact) mass is 371 g/mol. The summed E-state index contributed by atoms with van der Waals surface area (Å²) in [5.74, 6) is 0.330. The minimum atomic E-state index is -0.520. The van der Waals surface area contributed by atoms with Gasteiger partial charge in [0.05, 0.1) is 24.6 Å². The van der Waals surface area contributed by atoms with Crippen molar-refractivity contribution in [3.05, 3.63) is 41.6 Å². The van der Waals surface area contributed by atoms with Crippen molar-refractivity contribution in [3.8, 4) is 5.75 Å². The van der Waals surface area contributed by atoms with Crippen LogP contribution < -0.4 is 15.4 Å². The van der Waals surface area contributed by atoms with Crippen LogP contribution in [0.2, 0.25) is 0 Å². The van der Waals surface area contributed by atoms with E-state index in [1.165, 1.54) is 18.5 Å². The maximum atomic E-state index is 14.2. The van der Waals surface area contributed by atoms with Crippen molar-refractivity contribution in [2.45, 2.75) is 25.4 Å². The van der Waals surface area contributed by atoms with Crippen LogP contribution in [-0.4, -0.2) is 47.6 Å². The third-order valence-electron chi connectivity index (χ3n) is 4.93. The van der Waals surface area contributed by atoms with Gasteiger partial charge in [-0.15, -0.1) is 0 Å². The van der Waals surface area contributed by atoms with Gasteiger partial charge >= 0.3 is 0 Å². The Bertz CT molecular complexity index is 878. The summed E-state index contributed by atoms with van der Waals surface area (Å²) >= 11 is 0. The van der Waals surface area contributed by atoms with Crippen molar-refractivity contribution in [1.82, 2.24) is 9.97 Å². The zero-order valence-electron chi connectivity index (χ0n) is 15.2. The van der Waals surface area contributed by atoms with E-state index in [-0.39, 0.29) is 22.7 Å². The molecule has 2 aromatic rings. The number of nitrogens with one attached hydrogen (secondary N) is 1. The van der Waals surface area contributed by atoms with E-state index in [4.69, 9.17) is 20.6 Å². The van der Waals surface area contributed by atoms with Crippen molar-refractivity contribution in [2.75, 3.05) is 36.9 Å². The van der Waals surface area contributed by atoms with Gasteiger partial charge < -0.3 is 20.1 Å². The molecule has 0 atom stereocenters. The van der Waals surface area contributed by atoms with E-state index < -0.39 is 5.82 Å². The smallest absolute Gasteiger partial charge is 0.167 e. The molecule has 0 spiro atoms. The highest BCUT2D eigenvalue weighted by atomic mass is 19.1. The molecule has 1 aliphatic heterocycles. The molecule has 27 heavy (non-hydrogen) atoms. The predicted octanol–water partition coefficient (Wildman–Crippen LogP) is 2.38. The lowest BCUT2D eigenvalue weighted by atomic mass is 10.0. The molecule has 1 saturated carbocycles. The van der Waals surface area contributed by atoms with Gasteiger partial charge in [-0.05, 0) is 25.8 Å². The molecule has 0 unspecified atom stereocenters. The summed E-state index contributed by atoms with van der Waals surface area (Å²) in [5, 5.41) is 8.54. The molecule has 0 amide bonds. The fraction of sp³-hybridized carbons (Fsp3) is 0.421. The number of ether oxygens (including phenoxy) is 2. The Morgan fingerprint density at radius 3 is 2.70 bits per heavy atom. The minimum Gasteiger partial charge on any atom is -0.484 e. The van der Waals surface area contributed by atoms with Crippen LogP contribution in [0.1, 0.15) is 31.0 Å². The highest BCUT2D eigenvalue weighted by Crippen LogP contribution is 2.41. The quantitative estimate of drug-likeness (QED) is 0.619. The standard InChI is InChI=1S/C19H22FN5O2/c1-19(2-3-19)27-16-8-12(14(21)9-13(16)20)18(22)15-10-17(24-11-23-15)25-4-6-26-7-5-25/h8-11,22H,2-7,21H2,1H3. The average molecular weight is 371 g/mol. The van der Waals surface area contributed by atoms with Crippen LogP contribution in [0.25, 0.3) is 0 Å². The molecule has 3 N–H and O–H groups in total. The lowest BCUT2D eigenvalue weighted by Crippen LogP contribution is -2.36. The van der Waals surface area contributed by atoms with Crippen molar-refractivity contribution in [3.63, 3.8) is 0 Å². The van der Waals surface area contributed by atoms with E-state index in [1.54, 1.807) is 6.07 Å². The summed E-state index contributed by atoms with van der Waals surface area (Å²) in [6.07, 6.45) is 3.20. The van der Waals surface area contributed by atoms with Crippen LogP contribution in [0.15, 0.2) is 24.5 Å². The van der Waals surface area contributed by atoms with Gasteiger partial charge in [-0.3, -0.25) is 5.41 Å². The highest BCUT2D eigenvalue weighted by molar-refractivity contribution is 6.13. The Kier molecular flexibility index (Phi) is 4.43. The second-order valence-electron chi connectivity index (χ2n) is 7.16. The molecule has 2 heterocycles. The fourth-order valence-electron chi connectivity index (χ4n) is 2.99. The number of benzene rings is 1. The summed E-state index contributed by atoms with van der Waals surface area (Å²) in [6, 6.07) is 4.45. The first-order valence-electron chi connectivity index (χ1n) is 8.97. The number of nitrogen functional groups attached to an aromatic ring is 1. The second kappa shape index (κ2) is 6.77. The van der Waals surface area contributed by atoms with Crippen molar-refractivity contribution >= 4 is 17.2 Å². The zero-order valence-corrected chi connectivity index (χ0v) is 15.2. The molecule has 1 aromatic carbocycles. The van der Waals surface area contributed by atoms with Crippen LogP contribution in [0.4, 0.5) is 15.9 Å². The summed E-state index contributed by atoms with van der Waals surface area (Å²) in [4.78, 5) is 10.6. The van der Waals surface area contributed by atoms with Crippen molar-refractivity contribution in [2.24, 2.45) is 0 Å². The predicted molar refractivity (Wildman–Crippen MR) is 100 cm³/mol. The van der Waals surface area contributed by atoms with Gasteiger partial charge in [0, 0.05) is 36.5 Å². The molecular formula is C19H22FN5O2. The van der Waals surface area contributed by atoms with Gasteiger partial charge in [0.1, 0.15) is 17.7 Å². The molecule has 142 valence electrons. The summed E-state index contributed by atoms with van der Waals surface area (Å²) < 4.78 is 25.4. The molecule has 8 heteroatoms. The first-order valence-corrected chi connectivity index (χ1v) is 8.97. The number of nitrogens with zero attached hydrogens (tertiary/aromatic N) is 3. The second-order valence-corrected chi connectivity index (χ2v) is 7.16. The number of hydrogen-bond acceptors (Lipinski definition) is 7. The van der Waals surface area contributed by atoms with Gasteiger partial charge in [0.25, 0.3) is 0 Å². The number of aromatic nitrogens is 2. The Hall–Kier alpha value is -2.74. The van der Waals surface area contributed by atoms with Crippen LogP contribution in [0.5, 0.6) is 5.75 Å². The van der Waals surface area contributed by atoms with Gasteiger partial charge in [0.15, 0.2) is 11.6 Å². The van der Waals surface area contributed by atoms with Gasteiger partial charge in [0.2, 0.25) is 0 Å². The summed E-state index contributed by atoms with van der Waals surface area (Å²) in [6.45, 7) is 4.69. The lowest BCUT2D eigenvalue weighted by molar-refractivity contribution is 0.122. The molecule has 4 rings (SSSR count). The molecule has 0 radical (unpaired) electrons. The molecular weight excluding hydrogens is 349 g/mol. The number of halogens is 1. The van der Waals surface area contributed by atoms with E-state index in [0.717, 1.165) is 31.7 Å². The number of anilines is 2. The average Bonchev–Trinajstić information content (AvgIpc) is 3.41.